The third-order valence-corrected chi connectivity index (χ3v) is 22.2. The van der Waals surface area contributed by atoms with E-state index in [1.54, 1.807) is 0 Å². The van der Waals surface area contributed by atoms with Gasteiger partial charge < -0.3 is 25.2 Å². The molecule has 0 saturated heterocycles. The number of hydrogen-bond donors (Lipinski definition) is 1. The maximum absolute atomic E-state index is 8.26. The largest absolute Gasteiger partial charge is 0.457 e. The molecular weight excluding hydrogens is 1220 g/mol. The summed E-state index contributed by atoms with van der Waals surface area (Å²) in [5.41, 5.74) is 36.6. The second-order valence-electron chi connectivity index (χ2n) is 31.1. The van der Waals surface area contributed by atoms with Crippen molar-refractivity contribution in [2.75, 3.05) is 19.6 Å². The maximum Gasteiger partial charge on any atom is 0.134 e. The Morgan fingerprint density at radius 2 is 0.830 bits per heavy atom. The van der Waals surface area contributed by atoms with Gasteiger partial charge in [-0.05, 0) is 168 Å². The van der Waals surface area contributed by atoms with Crippen molar-refractivity contribution in [1.29, 1.82) is 0 Å². The zero-order valence-electron chi connectivity index (χ0n) is 58.6. The van der Waals surface area contributed by atoms with Crippen LogP contribution in [-0.2, 0) is 27.1 Å². The van der Waals surface area contributed by atoms with E-state index in [1.165, 1.54) is 33.4 Å². The molecule has 2 N–H and O–H groups in total. The molecule has 6 heterocycles. The molecule has 0 aliphatic carbocycles. The second kappa shape index (κ2) is 22.1. The summed E-state index contributed by atoms with van der Waals surface area (Å²) in [5, 5.41) is 0. The highest BCUT2D eigenvalue weighted by atomic mass is 16.5. The summed E-state index contributed by atoms with van der Waals surface area (Å²) in [6.45, 7) is 23.1. The molecule has 6 heteroatoms. The van der Waals surface area contributed by atoms with Gasteiger partial charge in [0.05, 0.1) is 56.3 Å². The number of nitrogens with zero attached hydrogens (tertiary/aromatic N) is 4. The minimum Gasteiger partial charge on any atom is -0.457 e. The molecule has 6 aliphatic heterocycles. The van der Waals surface area contributed by atoms with E-state index in [4.69, 9.17) is 10.5 Å². The molecule has 2 atom stereocenters. The molecule has 2 unspecified atom stereocenters. The number of nitrogens with two attached hydrogens (primary N) is 1. The lowest BCUT2D eigenvalue weighted by Gasteiger charge is -2.53. The monoisotopic (exact) mass is 1300 g/mol. The summed E-state index contributed by atoms with van der Waals surface area (Å²) in [5.74, 6) is 2.19. The van der Waals surface area contributed by atoms with Gasteiger partial charge in [-0.25, -0.2) is 0 Å². The standard InChI is InChI=1S/C94H81N5O/c1-59-55-84(95)98-78-38-22-19-35-74(78)94(72-33-17-20-36-76(72)96(77-37-21-18-34-73(77)94)68-57-66(91(5,6)7)56-67(58-68)92(8,9)10)75-51-52-83-86(88(75)98)93(54-53-69(59)64-45-43-60(44-46-64)61-47-49-65(50-48-61)90(2,3)4)85-81(41-26-42-82(85)100-83)97-79-39-23-24-40-80(79)99(89(93)97)87-70(62-27-13-11-14-28-62)31-25-32-71(87)63-29-15-12-16-30-63/h11-58,89H,95H2,1-10H3. The number of para-hydroxylation sites is 6. The van der Waals surface area contributed by atoms with Gasteiger partial charge in [-0.15, -0.1) is 0 Å². The van der Waals surface area contributed by atoms with Crippen LogP contribution < -0.4 is 30.1 Å². The zero-order valence-corrected chi connectivity index (χ0v) is 58.6. The lowest BCUT2D eigenvalue weighted by Crippen LogP contribution is -2.52. The number of fused-ring (bicyclic) bond motifs is 12. The Bertz CT molecular complexity index is 5310. The van der Waals surface area contributed by atoms with E-state index in [1.807, 2.05) is 0 Å². The number of ether oxygens (including phenoxy) is 1. The number of benzene rings is 12. The first-order valence-corrected chi connectivity index (χ1v) is 35.4. The summed E-state index contributed by atoms with van der Waals surface area (Å²) >= 11 is 0. The fourth-order valence-electron chi connectivity index (χ4n) is 17.5. The average molecular weight is 1300 g/mol. The third-order valence-electron chi connectivity index (χ3n) is 22.2. The molecule has 18 rings (SSSR count). The van der Waals surface area contributed by atoms with Gasteiger partial charge in [0, 0.05) is 27.9 Å². The van der Waals surface area contributed by atoms with Crippen molar-refractivity contribution in [3.05, 3.63) is 358 Å². The van der Waals surface area contributed by atoms with Crippen LogP contribution in [-0.4, -0.2) is 6.17 Å². The van der Waals surface area contributed by atoms with Crippen LogP contribution in [0, 0.1) is 0 Å². The Balaban J connectivity index is 0.971. The van der Waals surface area contributed by atoms with Crippen molar-refractivity contribution in [2.45, 2.75) is 102 Å². The molecule has 6 aliphatic rings. The molecule has 0 aromatic heterocycles. The zero-order chi connectivity index (χ0) is 68.4. The van der Waals surface area contributed by atoms with Crippen molar-refractivity contribution in [3.63, 3.8) is 0 Å². The molecule has 0 radical (unpaired) electrons. The van der Waals surface area contributed by atoms with Gasteiger partial charge in [-0.3, -0.25) is 4.90 Å². The van der Waals surface area contributed by atoms with Gasteiger partial charge in [0.15, 0.2) is 0 Å². The van der Waals surface area contributed by atoms with Crippen LogP contribution in [0.3, 0.4) is 0 Å². The Kier molecular flexibility index (Phi) is 13.5. The Morgan fingerprint density at radius 1 is 0.370 bits per heavy atom. The number of hydrogen-bond acceptors (Lipinski definition) is 6. The molecule has 0 saturated carbocycles. The van der Waals surface area contributed by atoms with Crippen molar-refractivity contribution in [1.82, 2.24) is 0 Å². The van der Waals surface area contributed by atoms with Gasteiger partial charge >= 0.3 is 0 Å². The van der Waals surface area contributed by atoms with Gasteiger partial charge in [-0.2, -0.15) is 0 Å². The molecule has 0 fully saturated rings. The topological polar surface area (TPSA) is 48.2 Å². The van der Waals surface area contributed by atoms with Crippen LogP contribution in [0.2, 0.25) is 0 Å². The minimum absolute atomic E-state index is 0.0467. The number of allylic oxidation sites excluding steroid dienone is 4. The Morgan fingerprint density at radius 3 is 1.38 bits per heavy atom. The summed E-state index contributed by atoms with van der Waals surface area (Å²) in [7, 11) is 0. The van der Waals surface area contributed by atoms with E-state index in [2.05, 4.69) is 380 Å². The smallest absolute Gasteiger partial charge is 0.134 e. The van der Waals surface area contributed by atoms with E-state index in [0.29, 0.717) is 5.82 Å². The molecular formula is C94H81N5O. The quantitative estimate of drug-likeness (QED) is 0.179. The van der Waals surface area contributed by atoms with Crippen LogP contribution in [0.5, 0.6) is 11.5 Å². The first kappa shape index (κ1) is 61.0. The van der Waals surface area contributed by atoms with Gasteiger partial charge in [0.2, 0.25) is 0 Å². The normalized spacial score (nSPS) is 17.3. The fraction of sp³-hybridized carbons (Fsp3) is 0.170. The van der Waals surface area contributed by atoms with Gasteiger partial charge in [-0.1, -0.05) is 287 Å². The number of anilines is 9. The van der Waals surface area contributed by atoms with Crippen LogP contribution in [0.4, 0.5) is 51.2 Å². The van der Waals surface area contributed by atoms with E-state index >= 15 is 0 Å². The van der Waals surface area contributed by atoms with E-state index in [9.17, 15) is 0 Å². The first-order valence-electron chi connectivity index (χ1n) is 35.4. The van der Waals surface area contributed by atoms with E-state index < -0.39 is 17.0 Å². The van der Waals surface area contributed by atoms with Crippen LogP contribution in [0.15, 0.2) is 303 Å². The van der Waals surface area contributed by atoms with Crippen LogP contribution in [0.25, 0.3) is 39.0 Å². The lowest BCUT2D eigenvalue weighted by molar-refractivity contribution is 0.409. The second-order valence-corrected chi connectivity index (χ2v) is 31.1. The summed E-state index contributed by atoms with van der Waals surface area (Å²) in [4.78, 5) is 10.3. The molecule has 0 amide bonds. The van der Waals surface area contributed by atoms with Crippen molar-refractivity contribution >= 4 is 56.8 Å². The molecule has 12 aromatic carbocycles. The van der Waals surface area contributed by atoms with Crippen LogP contribution >= 0.6 is 0 Å². The van der Waals surface area contributed by atoms with Gasteiger partial charge in [0.1, 0.15) is 23.5 Å². The Labute approximate surface area is 588 Å². The predicted octanol–water partition coefficient (Wildman–Crippen LogP) is 24.1. The van der Waals surface area contributed by atoms with Crippen molar-refractivity contribution in [2.24, 2.45) is 5.73 Å². The summed E-state index contributed by atoms with van der Waals surface area (Å²) in [6, 6.07) is 102. The molecule has 12 aromatic rings. The maximum atomic E-state index is 8.26. The van der Waals surface area contributed by atoms with E-state index in [-0.39, 0.29) is 16.2 Å². The lowest BCUT2D eigenvalue weighted by atomic mass is 9.58. The SMILES string of the molecule is CC1=C(c2ccc(-c3ccc(C(C)(C)C)cc3)cc2)C=CC23c4c(cccc4N4c5ccccc5N(c5c(-c6ccccc6)cccc5-c5ccccc5)C42)Oc2ccc4c(c23)N(C(N)=C1)c1ccccc1C41c2ccccc2N(c2cc(C(C)(C)C)cc(C(C)(C)C)c2)c2ccccc21. The predicted molar refractivity (Wildman–Crippen MR) is 416 cm³/mol. The third kappa shape index (κ3) is 8.88. The summed E-state index contributed by atoms with van der Waals surface area (Å²) < 4.78 is 7.75. The Hall–Kier alpha value is -11.3. The van der Waals surface area contributed by atoms with Crippen molar-refractivity contribution in [3.8, 4) is 44.9 Å². The number of rotatable bonds is 6. The minimum atomic E-state index is -1.05. The molecule has 488 valence electrons. The molecule has 6 nitrogen and oxygen atoms in total. The van der Waals surface area contributed by atoms with E-state index in [0.717, 1.165) is 129 Å². The highest BCUT2D eigenvalue weighted by molar-refractivity contribution is 6.05. The first-order chi connectivity index (χ1) is 48.3. The highest BCUT2D eigenvalue weighted by Crippen LogP contribution is 2.72. The van der Waals surface area contributed by atoms with Gasteiger partial charge in [0.25, 0.3) is 0 Å². The molecule has 2 spiro atoms. The molecule has 0 bridgehead atoms. The summed E-state index contributed by atoms with van der Waals surface area (Å²) in [6.07, 6.45) is 6.77. The fourth-order valence-corrected chi connectivity index (χ4v) is 17.5. The molecule has 100 heavy (non-hydrogen) atoms. The average Bonchev–Trinajstić information content (AvgIpc) is 1.30. The van der Waals surface area contributed by atoms with Crippen molar-refractivity contribution < 1.29 is 4.74 Å². The van der Waals surface area contributed by atoms with Crippen LogP contribution in [0.1, 0.15) is 125 Å². The highest BCUT2D eigenvalue weighted by Gasteiger charge is 2.65.